The third-order valence-corrected chi connectivity index (χ3v) is 5.79. The van der Waals surface area contributed by atoms with Crippen LogP contribution in [0.2, 0.25) is 0 Å². The number of nitrogens with two attached hydrogens (primary N) is 1. The maximum atomic E-state index is 12.2. The Morgan fingerprint density at radius 2 is 1.96 bits per heavy atom. The number of rotatable bonds is 3. The Hall–Kier alpha value is -1.86. The summed E-state index contributed by atoms with van der Waals surface area (Å²) in [5.74, 6) is 0.0994. The number of urea groups is 1. The summed E-state index contributed by atoms with van der Waals surface area (Å²) in [6, 6.07) is 6.89. The molecule has 2 aromatic rings. The van der Waals surface area contributed by atoms with Crippen LogP contribution in [0.1, 0.15) is 34.1 Å². The quantitative estimate of drug-likeness (QED) is 0.704. The third-order valence-electron chi connectivity index (χ3n) is 4.09. The first kappa shape index (κ1) is 17.0. The van der Waals surface area contributed by atoms with E-state index in [1.54, 1.807) is 12.1 Å². The summed E-state index contributed by atoms with van der Waals surface area (Å²) >= 11 is 4.81. The minimum atomic E-state index is -0.485. The van der Waals surface area contributed by atoms with Crippen LogP contribution in [0.5, 0.6) is 0 Å². The number of benzene rings is 1. The maximum absolute atomic E-state index is 12.2. The van der Waals surface area contributed by atoms with E-state index < -0.39 is 5.91 Å². The number of hydrogen-bond acceptors (Lipinski definition) is 3. The van der Waals surface area contributed by atoms with Gasteiger partial charge < -0.3 is 11.1 Å². The van der Waals surface area contributed by atoms with Gasteiger partial charge in [-0.25, -0.2) is 4.79 Å². The number of anilines is 2. The summed E-state index contributed by atoms with van der Waals surface area (Å²) in [5.41, 5.74) is 7.70. The minimum absolute atomic E-state index is 0.383. The third kappa shape index (κ3) is 3.62. The van der Waals surface area contributed by atoms with E-state index in [4.69, 9.17) is 5.73 Å². The van der Waals surface area contributed by atoms with Gasteiger partial charge in [0.2, 0.25) is 0 Å². The molecule has 0 radical (unpaired) electrons. The van der Waals surface area contributed by atoms with Crippen LogP contribution < -0.4 is 16.4 Å². The van der Waals surface area contributed by atoms with Gasteiger partial charge in [-0.3, -0.25) is 10.1 Å². The topological polar surface area (TPSA) is 84.2 Å². The van der Waals surface area contributed by atoms with E-state index in [1.807, 2.05) is 12.1 Å². The van der Waals surface area contributed by atoms with Crippen molar-refractivity contribution in [3.05, 3.63) is 44.7 Å². The molecule has 1 aliphatic carbocycles. The second kappa shape index (κ2) is 6.94. The number of primary amides is 1. The molecule has 4 N–H and O–H groups in total. The van der Waals surface area contributed by atoms with Gasteiger partial charge in [-0.2, -0.15) is 0 Å². The van der Waals surface area contributed by atoms with Crippen LogP contribution in [0.4, 0.5) is 15.5 Å². The van der Waals surface area contributed by atoms with Gasteiger partial charge in [0.25, 0.3) is 5.91 Å². The summed E-state index contributed by atoms with van der Waals surface area (Å²) in [6.07, 6.45) is 2.80. The van der Waals surface area contributed by atoms with Crippen LogP contribution in [0.25, 0.3) is 0 Å². The molecular weight excluding hydrogens is 390 g/mol. The van der Waals surface area contributed by atoms with Crippen molar-refractivity contribution in [1.29, 1.82) is 0 Å². The lowest BCUT2D eigenvalue weighted by atomic mass is 9.88. The molecule has 1 atom stereocenters. The smallest absolute Gasteiger partial charge is 0.324 e. The van der Waals surface area contributed by atoms with E-state index >= 15 is 0 Å². The van der Waals surface area contributed by atoms with Crippen LogP contribution in [0.15, 0.2) is 28.7 Å². The molecule has 1 heterocycles. The van der Waals surface area contributed by atoms with Gasteiger partial charge in [0.15, 0.2) is 0 Å². The van der Waals surface area contributed by atoms with Crippen molar-refractivity contribution >= 4 is 49.9 Å². The van der Waals surface area contributed by atoms with Crippen LogP contribution in [0.3, 0.4) is 0 Å². The average Bonchev–Trinajstić information content (AvgIpc) is 2.86. The Morgan fingerprint density at radius 1 is 1.25 bits per heavy atom. The number of fused-ring (bicyclic) bond motifs is 1. The Labute approximate surface area is 152 Å². The second-order valence-corrected chi connectivity index (χ2v) is 8.03. The summed E-state index contributed by atoms with van der Waals surface area (Å²) < 4.78 is 0.935. The SMILES string of the molecule is CC1CCc2c(sc(NC(=O)Nc3ccc(Br)cc3)c2C(N)=O)C1. The zero-order valence-corrected chi connectivity index (χ0v) is 15.6. The van der Waals surface area contributed by atoms with E-state index in [1.165, 1.54) is 11.3 Å². The van der Waals surface area contributed by atoms with Gasteiger partial charge in [-0.1, -0.05) is 22.9 Å². The maximum Gasteiger partial charge on any atom is 0.324 e. The van der Waals surface area contributed by atoms with Crippen molar-refractivity contribution in [2.24, 2.45) is 11.7 Å². The Balaban J connectivity index is 1.80. The van der Waals surface area contributed by atoms with Crippen LogP contribution in [-0.2, 0) is 12.8 Å². The summed E-state index contributed by atoms with van der Waals surface area (Å²) in [5, 5.41) is 6.08. The van der Waals surface area contributed by atoms with E-state index in [0.29, 0.717) is 22.2 Å². The van der Waals surface area contributed by atoms with Crippen LogP contribution >= 0.6 is 27.3 Å². The van der Waals surface area contributed by atoms with Crippen molar-refractivity contribution in [3.8, 4) is 0 Å². The predicted molar refractivity (Wildman–Crippen MR) is 101 cm³/mol. The van der Waals surface area contributed by atoms with Gasteiger partial charge in [-0.05, 0) is 55.0 Å². The van der Waals surface area contributed by atoms with E-state index in [9.17, 15) is 9.59 Å². The molecule has 0 fully saturated rings. The van der Waals surface area contributed by atoms with Gasteiger partial charge in [0.1, 0.15) is 5.00 Å². The normalized spacial score (nSPS) is 16.3. The first-order valence-corrected chi connectivity index (χ1v) is 9.33. The number of nitrogens with one attached hydrogen (secondary N) is 2. The molecule has 0 saturated carbocycles. The van der Waals surface area contributed by atoms with Crippen molar-refractivity contribution in [3.63, 3.8) is 0 Å². The molecule has 0 bridgehead atoms. The largest absolute Gasteiger partial charge is 0.365 e. The molecular formula is C17H18BrN3O2S. The highest BCUT2D eigenvalue weighted by Gasteiger charge is 2.27. The average molecular weight is 408 g/mol. The first-order valence-electron chi connectivity index (χ1n) is 7.72. The fourth-order valence-corrected chi connectivity index (χ4v) is 4.57. The summed E-state index contributed by atoms with van der Waals surface area (Å²) in [4.78, 5) is 25.3. The molecule has 24 heavy (non-hydrogen) atoms. The molecule has 1 aliphatic rings. The Kier molecular flexibility index (Phi) is 4.91. The second-order valence-electron chi connectivity index (χ2n) is 6.01. The number of amides is 3. The fourth-order valence-electron chi connectivity index (χ4n) is 2.90. The predicted octanol–water partition coefficient (Wildman–Crippen LogP) is 4.38. The molecule has 3 amide bonds. The number of carbonyl (C=O) groups excluding carboxylic acids is 2. The van der Waals surface area contributed by atoms with Gasteiger partial charge in [-0.15, -0.1) is 11.3 Å². The number of thiophene rings is 1. The van der Waals surface area contributed by atoms with Gasteiger partial charge >= 0.3 is 6.03 Å². The van der Waals surface area contributed by atoms with Crippen molar-refractivity contribution in [2.45, 2.75) is 26.2 Å². The number of hydrogen-bond donors (Lipinski definition) is 3. The van der Waals surface area contributed by atoms with E-state index in [2.05, 4.69) is 33.5 Å². The first-order chi connectivity index (χ1) is 11.4. The molecule has 1 unspecified atom stereocenters. The van der Waals surface area contributed by atoms with Crippen LogP contribution in [0, 0.1) is 5.92 Å². The Morgan fingerprint density at radius 3 is 2.62 bits per heavy atom. The monoisotopic (exact) mass is 407 g/mol. The zero-order valence-electron chi connectivity index (χ0n) is 13.2. The zero-order chi connectivity index (χ0) is 17.3. The lowest BCUT2D eigenvalue weighted by Gasteiger charge is -2.18. The highest BCUT2D eigenvalue weighted by atomic mass is 79.9. The lowest BCUT2D eigenvalue weighted by Crippen LogP contribution is -2.22. The highest BCUT2D eigenvalue weighted by molar-refractivity contribution is 9.10. The molecule has 0 spiro atoms. The molecule has 0 aliphatic heterocycles. The highest BCUT2D eigenvalue weighted by Crippen LogP contribution is 2.39. The molecule has 5 nitrogen and oxygen atoms in total. The molecule has 1 aromatic heterocycles. The number of halogens is 1. The molecule has 126 valence electrons. The lowest BCUT2D eigenvalue weighted by molar-refractivity contribution is 0.100. The number of carbonyl (C=O) groups is 2. The summed E-state index contributed by atoms with van der Waals surface area (Å²) in [7, 11) is 0. The molecule has 3 rings (SSSR count). The molecule has 7 heteroatoms. The van der Waals surface area contributed by atoms with Crippen molar-refractivity contribution in [2.75, 3.05) is 10.6 Å². The van der Waals surface area contributed by atoms with Crippen molar-refractivity contribution in [1.82, 2.24) is 0 Å². The van der Waals surface area contributed by atoms with Crippen molar-refractivity contribution < 1.29 is 9.59 Å². The standard InChI is InChI=1S/C17H18BrN3O2S/c1-9-2-7-12-13(8-9)24-16(14(12)15(19)22)21-17(23)20-11-5-3-10(18)4-6-11/h3-6,9H,2,7-8H2,1H3,(H2,19,22)(H2,20,21,23). The Bertz CT molecular complexity index is 786. The molecule has 0 saturated heterocycles. The summed E-state index contributed by atoms with van der Waals surface area (Å²) in [6.45, 7) is 2.19. The van der Waals surface area contributed by atoms with Gasteiger partial charge in [0, 0.05) is 15.0 Å². The van der Waals surface area contributed by atoms with E-state index in [0.717, 1.165) is 34.2 Å². The molecule has 1 aromatic carbocycles. The van der Waals surface area contributed by atoms with Crippen LogP contribution in [-0.4, -0.2) is 11.9 Å². The minimum Gasteiger partial charge on any atom is -0.365 e. The van der Waals surface area contributed by atoms with E-state index in [-0.39, 0.29) is 6.03 Å². The van der Waals surface area contributed by atoms with Gasteiger partial charge in [0.05, 0.1) is 5.56 Å². The fraction of sp³-hybridized carbons (Fsp3) is 0.294.